The summed E-state index contributed by atoms with van der Waals surface area (Å²) in [5.74, 6) is 0.852. The number of benzene rings is 2. The Morgan fingerprint density at radius 3 is 2.33 bits per heavy atom. The third-order valence-electron chi connectivity index (χ3n) is 3.40. The van der Waals surface area contributed by atoms with E-state index in [9.17, 15) is 4.39 Å². The molecule has 2 aromatic rings. The van der Waals surface area contributed by atoms with Gasteiger partial charge in [0.15, 0.2) is 0 Å². The highest BCUT2D eigenvalue weighted by molar-refractivity contribution is 5.31. The second-order valence-electron chi connectivity index (χ2n) is 4.83. The summed E-state index contributed by atoms with van der Waals surface area (Å²) < 4.78 is 24.3. The van der Waals surface area contributed by atoms with Crippen LogP contribution in [0.4, 0.5) is 4.39 Å². The maximum absolute atomic E-state index is 13.8. The predicted molar refractivity (Wildman–Crippen MR) is 80.9 cm³/mol. The van der Waals surface area contributed by atoms with Gasteiger partial charge in [0, 0.05) is 17.7 Å². The SMILES string of the molecule is CCC(N)c1ccc(OCc2ccc(OC)cc2F)cc1. The number of rotatable bonds is 6. The van der Waals surface area contributed by atoms with E-state index < -0.39 is 0 Å². The largest absolute Gasteiger partial charge is 0.497 e. The van der Waals surface area contributed by atoms with Crippen molar-refractivity contribution < 1.29 is 13.9 Å². The summed E-state index contributed by atoms with van der Waals surface area (Å²) in [6.45, 7) is 2.22. The molecule has 4 heteroatoms. The first kappa shape index (κ1) is 15.3. The fourth-order valence-electron chi connectivity index (χ4n) is 1.98. The quantitative estimate of drug-likeness (QED) is 0.879. The molecule has 0 bridgehead atoms. The van der Waals surface area contributed by atoms with Crippen LogP contribution in [0.15, 0.2) is 42.5 Å². The van der Waals surface area contributed by atoms with Gasteiger partial charge in [-0.1, -0.05) is 19.1 Å². The molecule has 21 heavy (non-hydrogen) atoms. The molecular weight excluding hydrogens is 269 g/mol. The summed E-state index contributed by atoms with van der Waals surface area (Å²) >= 11 is 0. The minimum Gasteiger partial charge on any atom is -0.497 e. The third-order valence-corrected chi connectivity index (χ3v) is 3.40. The van der Waals surface area contributed by atoms with Gasteiger partial charge in [0.25, 0.3) is 0 Å². The minimum atomic E-state index is -0.334. The first-order chi connectivity index (χ1) is 10.1. The maximum Gasteiger partial charge on any atom is 0.133 e. The Bertz CT molecular complexity index is 584. The summed E-state index contributed by atoms with van der Waals surface area (Å²) in [6.07, 6.45) is 0.886. The van der Waals surface area contributed by atoms with Crippen molar-refractivity contribution in [2.45, 2.75) is 26.0 Å². The first-order valence-corrected chi connectivity index (χ1v) is 6.94. The molecule has 0 fully saturated rings. The van der Waals surface area contributed by atoms with Crippen LogP contribution in [0.1, 0.15) is 30.5 Å². The summed E-state index contributed by atoms with van der Waals surface area (Å²) in [5, 5.41) is 0. The molecule has 0 saturated carbocycles. The van der Waals surface area contributed by atoms with Crippen LogP contribution in [0.2, 0.25) is 0 Å². The van der Waals surface area contributed by atoms with Crippen molar-refractivity contribution in [3.63, 3.8) is 0 Å². The van der Waals surface area contributed by atoms with Gasteiger partial charge in [-0.15, -0.1) is 0 Å². The van der Waals surface area contributed by atoms with Crippen molar-refractivity contribution in [1.29, 1.82) is 0 Å². The molecule has 0 saturated heterocycles. The molecular formula is C17H20FNO2. The monoisotopic (exact) mass is 289 g/mol. The van der Waals surface area contributed by atoms with Crippen LogP contribution in [-0.2, 0) is 6.61 Å². The second kappa shape index (κ2) is 7.09. The fourth-order valence-corrected chi connectivity index (χ4v) is 1.98. The average Bonchev–Trinajstić information content (AvgIpc) is 2.53. The van der Waals surface area contributed by atoms with E-state index in [1.807, 2.05) is 31.2 Å². The lowest BCUT2D eigenvalue weighted by molar-refractivity contribution is 0.299. The fraction of sp³-hybridized carbons (Fsp3) is 0.294. The Morgan fingerprint density at radius 2 is 1.76 bits per heavy atom. The molecule has 0 heterocycles. The summed E-state index contributed by atoms with van der Waals surface area (Å²) in [5.41, 5.74) is 7.52. The molecule has 0 spiro atoms. The molecule has 3 nitrogen and oxygen atoms in total. The van der Waals surface area contributed by atoms with Gasteiger partial charge in [-0.3, -0.25) is 0 Å². The zero-order valence-electron chi connectivity index (χ0n) is 12.3. The molecule has 0 aromatic heterocycles. The van der Waals surface area contributed by atoms with E-state index in [0.717, 1.165) is 12.0 Å². The number of hydrogen-bond acceptors (Lipinski definition) is 3. The van der Waals surface area contributed by atoms with Crippen molar-refractivity contribution in [2.24, 2.45) is 5.73 Å². The minimum absolute atomic E-state index is 0.0399. The van der Waals surface area contributed by atoms with E-state index in [2.05, 4.69) is 0 Å². The van der Waals surface area contributed by atoms with Crippen LogP contribution >= 0.6 is 0 Å². The predicted octanol–water partition coefficient (Wildman–Crippen LogP) is 3.82. The van der Waals surface area contributed by atoms with Gasteiger partial charge in [0.05, 0.1) is 7.11 Å². The lowest BCUT2D eigenvalue weighted by Crippen LogP contribution is -2.08. The Balaban J connectivity index is 1.99. The van der Waals surface area contributed by atoms with Crippen molar-refractivity contribution >= 4 is 0 Å². The van der Waals surface area contributed by atoms with E-state index in [0.29, 0.717) is 17.1 Å². The Kier molecular flexibility index (Phi) is 5.17. The van der Waals surface area contributed by atoms with Gasteiger partial charge < -0.3 is 15.2 Å². The number of ether oxygens (including phenoxy) is 2. The molecule has 1 atom stereocenters. The lowest BCUT2D eigenvalue weighted by Gasteiger charge is -2.11. The molecule has 1 unspecified atom stereocenters. The molecule has 112 valence electrons. The van der Waals surface area contributed by atoms with Crippen LogP contribution < -0.4 is 15.2 Å². The normalized spacial score (nSPS) is 12.0. The van der Waals surface area contributed by atoms with Crippen molar-refractivity contribution in [3.05, 3.63) is 59.4 Å². The molecule has 2 rings (SSSR count). The van der Waals surface area contributed by atoms with Gasteiger partial charge in [0.2, 0.25) is 0 Å². The van der Waals surface area contributed by atoms with Gasteiger partial charge in [-0.05, 0) is 36.2 Å². The highest BCUT2D eigenvalue weighted by Crippen LogP contribution is 2.21. The molecule has 0 amide bonds. The van der Waals surface area contributed by atoms with Crippen molar-refractivity contribution in [1.82, 2.24) is 0 Å². The number of nitrogens with two attached hydrogens (primary N) is 1. The topological polar surface area (TPSA) is 44.5 Å². The van der Waals surface area contributed by atoms with Gasteiger partial charge in [-0.25, -0.2) is 4.39 Å². The third kappa shape index (κ3) is 3.95. The van der Waals surface area contributed by atoms with Crippen LogP contribution in [-0.4, -0.2) is 7.11 Å². The van der Waals surface area contributed by atoms with Crippen LogP contribution in [0.5, 0.6) is 11.5 Å². The van der Waals surface area contributed by atoms with Crippen LogP contribution in [0.3, 0.4) is 0 Å². The summed E-state index contributed by atoms with van der Waals surface area (Å²) in [7, 11) is 1.51. The van der Waals surface area contributed by atoms with E-state index in [1.165, 1.54) is 13.2 Å². The standard InChI is InChI=1S/C17H20FNO2/c1-3-17(19)12-4-7-14(8-5-12)21-11-13-6-9-15(20-2)10-16(13)18/h4-10,17H,3,11,19H2,1-2H3. The Labute approximate surface area is 124 Å². The van der Waals surface area contributed by atoms with E-state index in [4.69, 9.17) is 15.2 Å². The van der Waals surface area contributed by atoms with Crippen molar-refractivity contribution in [3.8, 4) is 11.5 Å². The van der Waals surface area contributed by atoms with Gasteiger partial charge in [-0.2, -0.15) is 0 Å². The maximum atomic E-state index is 13.8. The van der Waals surface area contributed by atoms with E-state index in [1.54, 1.807) is 12.1 Å². The Morgan fingerprint density at radius 1 is 1.10 bits per heavy atom. The Hall–Kier alpha value is -2.07. The van der Waals surface area contributed by atoms with Crippen LogP contribution in [0.25, 0.3) is 0 Å². The van der Waals surface area contributed by atoms with E-state index in [-0.39, 0.29) is 18.5 Å². The highest BCUT2D eigenvalue weighted by Gasteiger charge is 2.06. The summed E-state index contributed by atoms with van der Waals surface area (Å²) in [4.78, 5) is 0. The average molecular weight is 289 g/mol. The van der Waals surface area contributed by atoms with Crippen LogP contribution in [0, 0.1) is 5.82 Å². The van der Waals surface area contributed by atoms with Crippen molar-refractivity contribution in [2.75, 3.05) is 7.11 Å². The molecule has 0 aliphatic heterocycles. The smallest absolute Gasteiger partial charge is 0.133 e. The zero-order valence-corrected chi connectivity index (χ0v) is 12.3. The number of hydrogen-bond donors (Lipinski definition) is 1. The molecule has 0 aliphatic carbocycles. The van der Waals surface area contributed by atoms with E-state index >= 15 is 0 Å². The molecule has 2 N–H and O–H groups in total. The lowest BCUT2D eigenvalue weighted by atomic mass is 10.1. The zero-order chi connectivity index (χ0) is 15.2. The molecule has 0 radical (unpaired) electrons. The molecule has 2 aromatic carbocycles. The second-order valence-corrected chi connectivity index (χ2v) is 4.83. The number of methoxy groups -OCH3 is 1. The highest BCUT2D eigenvalue weighted by atomic mass is 19.1. The van der Waals surface area contributed by atoms with Gasteiger partial charge >= 0.3 is 0 Å². The summed E-state index contributed by atoms with van der Waals surface area (Å²) in [6, 6.07) is 12.3. The molecule has 0 aliphatic rings. The van der Waals surface area contributed by atoms with Gasteiger partial charge in [0.1, 0.15) is 23.9 Å². The number of halogens is 1. The first-order valence-electron chi connectivity index (χ1n) is 6.94.